The van der Waals surface area contributed by atoms with Crippen molar-refractivity contribution in [3.63, 3.8) is 0 Å². The monoisotopic (exact) mass is 362 g/mol. The van der Waals surface area contributed by atoms with Crippen LogP contribution in [-0.4, -0.2) is 47.1 Å². The van der Waals surface area contributed by atoms with Gasteiger partial charge in [0.15, 0.2) is 0 Å². The van der Waals surface area contributed by atoms with Gasteiger partial charge in [0.2, 0.25) is 17.6 Å². The van der Waals surface area contributed by atoms with Crippen molar-refractivity contribution >= 4 is 17.5 Å². The number of amides is 1. The number of hydrogen-bond donors (Lipinski definition) is 1. The second-order valence-electron chi connectivity index (χ2n) is 6.31. The Balaban J connectivity index is 1.49. The Morgan fingerprint density at radius 3 is 2.96 bits per heavy atom. The zero-order valence-corrected chi connectivity index (χ0v) is 15.1. The molecule has 1 amide bonds. The molecular formula is C18H23ClN4O2. The molecule has 2 aromatic rings. The van der Waals surface area contributed by atoms with Crippen molar-refractivity contribution in [1.29, 1.82) is 0 Å². The van der Waals surface area contributed by atoms with E-state index in [0.717, 1.165) is 31.5 Å². The summed E-state index contributed by atoms with van der Waals surface area (Å²) in [5, 5.41) is 7.83. The van der Waals surface area contributed by atoms with Gasteiger partial charge in [0.1, 0.15) is 0 Å². The molecular weight excluding hydrogens is 340 g/mol. The summed E-state index contributed by atoms with van der Waals surface area (Å²) in [6.45, 7) is 1.73. The van der Waals surface area contributed by atoms with Gasteiger partial charge in [-0.1, -0.05) is 16.8 Å². The van der Waals surface area contributed by atoms with Crippen molar-refractivity contribution in [2.45, 2.75) is 38.1 Å². The molecule has 1 aliphatic rings. The molecule has 0 radical (unpaired) electrons. The van der Waals surface area contributed by atoms with Gasteiger partial charge in [-0.15, -0.1) is 0 Å². The van der Waals surface area contributed by atoms with E-state index in [1.165, 1.54) is 0 Å². The molecule has 0 saturated carbocycles. The minimum absolute atomic E-state index is 0.218. The lowest BCUT2D eigenvalue weighted by Gasteiger charge is -2.24. The number of rotatable bonds is 7. The van der Waals surface area contributed by atoms with Crippen LogP contribution in [0.2, 0.25) is 5.02 Å². The highest BCUT2D eigenvalue weighted by atomic mass is 35.5. The van der Waals surface area contributed by atoms with E-state index >= 15 is 0 Å². The highest BCUT2D eigenvalue weighted by Crippen LogP contribution is 2.20. The molecule has 1 saturated heterocycles. The fraction of sp³-hybridized carbons (Fsp3) is 0.500. The molecule has 1 N–H and O–H groups in total. The Labute approximate surface area is 152 Å². The van der Waals surface area contributed by atoms with E-state index in [-0.39, 0.29) is 5.91 Å². The number of nitrogens with one attached hydrogen (secondary N) is 1. The van der Waals surface area contributed by atoms with Gasteiger partial charge in [-0.3, -0.25) is 4.79 Å². The molecule has 2 heterocycles. The van der Waals surface area contributed by atoms with Gasteiger partial charge < -0.3 is 14.7 Å². The summed E-state index contributed by atoms with van der Waals surface area (Å²) in [7, 11) is 1.93. The van der Waals surface area contributed by atoms with Gasteiger partial charge in [-0.25, -0.2) is 0 Å². The van der Waals surface area contributed by atoms with Crippen LogP contribution in [0.15, 0.2) is 28.8 Å². The van der Waals surface area contributed by atoms with E-state index in [4.69, 9.17) is 16.1 Å². The van der Waals surface area contributed by atoms with Crippen LogP contribution in [0.5, 0.6) is 0 Å². The minimum Gasteiger partial charge on any atom is -0.339 e. The Morgan fingerprint density at radius 2 is 2.20 bits per heavy atom. The number of aryl methyl sites for hydroxylation is 1. The SMILES string of the molecule is CNCC1CCCN1C(=O)CCCc1nc(-c2ccc(Cl)cc2)no1. The molecule has 1 atom stereocenters. The number of benzene rings is 1. The van der Waals surface area contributed by atoms with Crippen LogP contribution in [0.1, 0.15) is 31.6 Å². The first-order valence-corrected chi connectivity index (χ1v) is 9.08. The van der Waals surface area contributed by atoms with Crippen molar-refractivity contribution in [2.24, 2.45) is 0 Å². The molecule has 1 aromatic carbocycles. The Hall–Kier alpha value is -1.92. The van der Waals surface area contributed by atoms with Crippen molar-refractivity contribution in [3.05, 3.63) is 35.2 Å². The smallest absolute Gasteiger partial charge is 0.226 e. The zero-order valence-electron chi connectivity index (χ0n) is 14.4. The summed E-state index contributed by atoms with van der Waals surface area (Å²) in [5.74, 6) is 1.33. The molecule has 7 heteroatoms. The summed E-state index contributed by atoms with van der Waals surface area (Å²) in [6.07, 6.45) is 4.01. The number of aromatic nitrogens is 2. The number of carbonyl (C=O) groups excluding carboxylic acids is 1. The number of carbonyl (C=O) groups is 1. The molecule has 3 rings (SSSR count). The maximum Gasteiger partial charge on any atom is 0.226 e. The summed E-state index contributed by atoms with van der Waals surface area (Å²) in [6, 6.07) is 7.63. The van der Waals surface area contributed by atoms with Crippen LogP contribution < -0.4 is 5.32 Å². The molecule has 0 aliphatic carbocycles. The highest BCUT2D eigenvalue weighted by Gasteiger charge is 2.27. The molecule has 134 valence electrons. The van der Waals surface area contributed by atoms with Gasteiger partial charge in [0.25, 0.3) is 0 Å². The third-order valence-corrected chi connectivity index (χ3v) is 4.74. The number of nitrogens with zero attached hydrogens (tertiary/aromatic N) is 3. The van der Waals surface area contributed by atoms with Gasteiger partial charge in [0.05, 0.1) is 0 Å². The quantitative estimate of drug-likeness (QED) is 0.820. The van der Waals surface area contributed by atoms with Crippen LogP contribution in [0.25, 0.3) is 11.4 Å². The summed E-state index contributed by atoms with van der Waals surface area (Å²) >= 11 is 5.88. The summed E-state index contributed by atoms with van der Waals surface area (Å²) < 4.78 is 5.29. The van der Waals surface area contributed by atoms with Gasteiger partial charge in [-0.2, -0.15) is 4.98 Å². The lowest BCUT2D eigenvalue weighted by Crippen LogP contribution is -2.40. The Morgan fingerprint density at radius 1 is 1.40 bits per heavy atom. The topological polar surface area (TPSA) is 71.3 Å². The molecule has 0 spiro atoms. The van der Waals surface area contributed by atoms with Crippen molar-refractivity contribution < 1.29 is 9.32 Å². The number of hydrogen-bond acceptors (Lipinski definition) is 5. The maximum atomic E-state index is 12.4. The van der Waals surface area contributed by atoms with Gasteiger partial charge in [0, 0.05) is 42.6 Å². The number of likely N-dealkylation sites (tertiary alicyclic amines) is 1. The van der Waals surface area contributed by atoms with E-state index in [0.29, 0.717) is 42.0 Å². The largest absolute Gasteiger partial charge is 0.339 e. The molecule has 1 fully saturated rings. The summed E-state index contributed by atoms with van der Waals surface area (Å²) in [5.41, 5.74) is 0.863. The summed E-state index contributed by atoms with van der Waals surface area (Å²) in [4.78, 5) is 18.8. The molecule has 1 unspecified atom stereocenters. The fourth-order valence-corrected chi connectivity index (χ4v) is 3.34. The second-order valence-corrected chi connectivity index (χ2v) is 6.75. The van der Waals surface area contributed by atoms with Crippen LogP contribution in [0.4, 0.5) is 0 Å². The van der Waals surface area contributed by atoms with Crippen molar-refractivity contribution in [1.82, 2.24) is 20.4 Å². The minimum atomic E-state index is 0.218. The molecule has 6 nitrogen and oxygen atoms in total. The van der Waals surface area contributed by atoms with E-state index in [9.17, 15) is 4.79 Å². The highest BCUT2D eigenvalue weighted by molar-refractivity contribution is 6.30. The van der Waals surface area contributed by atoms with Crippen LogP contribution in [-0.2, 0) is 11.2 Å². The molecule has 0 bridgehead atoms. The number of likely N-dealkylation sites (N-methyl/N-ethyl adjacent to an activating group) is 1. The van der Waals surface area contributed by atoms with Crippen LogP contribution in [0, 0.1) is 0 Å². The van der Waals surface area contributed by atoms with Crippen molar-refractivity contribution in [2.75, 3.05) is 20.1 Å². The Bertz CT molecular complexity index is 701. The predicted molar refractivity (Wildman–Crippen MR) is 96.3 cm³/mol. The first-order valence-electron chi connectivity index (χ1n) is 8.70. The average molecular weight is 363 g/mol. The van der Waals surface area contributed by atoms with E-state index in [2.05, 4.69) is 15.5 Å². The number of halogens is 1. The molecule has 1 aromatic heterocycles. The normalized spacial score (nSPS) is 17.2. The Kier molecular flexibility index (Phi) is 6.04. The fourth-order valence-electron chi connectivity index (χ4n) is 3.22. The molecule has 25 heavy (non-hydrogen) atoms. The first kappa shape index (κ1) is 17.9. The third kappa shape index (κ3) is 4.58. The van der Waals surface area contributed by atoms with E-state index in [1.807, 2.05) is 24.1 Å². The van der Waals surface area contributed by atoms with E-state index in [1.54, 1.807) is 12.1 Å². The second kappa shape index (κ2) is 8.45. The van der Waals surface area contributed by atoms with Gasteiger partial charge >= 0.3 is 0 Å². The first-order chi connectivity index (χ1) is 12.2. The van der Waals surface area contributed by atoms with Gasteiger partial charge in [-0.05, 0) is 50.6 Å². The van der Waals surface area contributed by atoms with Crippen LogP contribution >= 0.6 is 11.6 Å². The lowest BCUT2D eigenvalue weighted by molar-refractivity contribution is -0.132. The lowest BCUT2D eigenvalue weighted by atomic mass is 10.2. The standard InChI is InChI=1S/C18H23ClN4O2/c1-20-12-15-4-3-11-23(15)17(24)6-2-5-16-21-18(22-25-16)13-7-9-14(19)10-8-13/h7-10,15,20H,2-6,11-12H2,1H3. The average Bonchev–Trinajstić information content (AvgIpc) is 3.25. The van der Waals surface area contributed by atoms with Crippen LogP contribution in [0.3, 0.4) is 0 Å². The van der Waals surface area contributed by atoms with E-state index < -0.39 is 0 Å². The van der Waals surface area contributed by atoms with Crippen molar-refractivity contribution in [3.8, 4) is 11.4 Å². The maximum absolute atomic E-state index is 12.4. The molecule has 1 aliphatic heterocycles. The zero-order chi connectivity index (χ0) is 17.6. The third-order valence-electron chi connectivity index (χ3n) is 4.49. The predicted octanol–water partition coefficient (Wildman–Crippen LogP) is 2.92.